The summed E-state index contributed by atoms with van der Waals surface area (Å²) in [5.74, 6) is 0. The third-order valence-electron chi connectivity index (χ3n) is 3.37. The predicted molar refractivity (Wildman–Crippen MR) is 77.3 cm³/mol. The molecule has 0 amide bonds. The van der Waals surface area contributed by atoms with Crippen LogP contribution in [0.2, 0.25) is 5.02 Å². The van der Waals surface area contributed by atoms with E-state index in [1.807, 2.05) is 12.1 Å². The molecule has 2 rings (SSSR count). The van der Waals surface area contributed by atoms with Gasteiger partial charge in [-0.3, -0.25) is 0 Å². The first-order valence-electron chi connectivity index (χ1n) is 6.33. The third-order valence-corrected chi connectivity index (χ3v) is 3.74. The maximum absolute atomic E-state index is 6.11. The quantitative estimate of drug-likeness (QED) is 0.792. The molecule has 96 valence electrons. The summed E-state index contributed by atoms with van der Waals surface area (Å²) in [6.45, 7) is 1.12. The third kappa shape index (κ3) is 4.87. The molecule has 0 aromatic heterocycles. The summed E-state index contributed by atoms with van der Waals surface area (Å²) in [7, 11) is 0. The summed E-state index contributed by atoms with van der Waals surface area (Å²) in [6, 6.07) is 8.93. The van der Waals surface area contributed by atoms with Gasteiger partial charge in [0.15, 0.2) is 0 Å². The maximum atomic E-state index is 6.11. The van der Waals surface area contributed by atoms with E-state index in [2.05, 4.69) is 17.4 Å². The fourth-order valence-corrected chi connectivity index (χ4v) is 2.65. The van der Waals surface area contributed by atoms with Crippen LogP contribution in [0.4, 0.5) is 0 Å². The summed E-state index contributed by atoms with van der Waals surface area (Å²) in [5.41, 5.74) is 1.28. The molecule has 1 aliphatic rings. The summed E-state index contributed by atoms with van der Waals surface area (Å²) in [5, 5.41) is 4.53. The maximum Gasteiger partial charge on any atom is 0.0437 e. The average molecular weight is 274 g/mol. The Labute approximate surface area is 115 Å². The van der Waals surface area contributed by atoms with Gasteiger partial charge in [0.2, 0.25) is 0 Å². The van der Waals surface area contributed by atoms with E-state index in [1.54, 1.807) is 0 Å². The van der Waals surface area contributed by atoms with Crippen molar-refractivity contribution in [1.82, 2.24) is 5.32 Å². The Bertz CT molecular complexity index is 322. The van der Waals surface area contributed by atoms with E-state index in [1.165, 1.54) is 37.7 Å². The first kappa shape index (κ1) is 14.8. The molecule has 1 aromatic carbocycles. The van der Waals surface area contributed by atoms with Crippen LogP contribution in [0.3, 0.4) is 0 Å². The van der Waals surface area contributed by atoms with Crippen molar-refractivity contribution in [2.24, 2.45) is 0 Å². The van der Waals surface area contributed by atoms with Crippen LogP contribution in [0.25, 0.3) is 0 Å². The van der Waals surface area contributed by atoms with Crippen LogP contribution in [0.1, 0.15) is 37.7 Å². The minimum atomic E-state index is 0. The lowest BCUT2D eigenvalue weighted by molar-refractivity contribution is 0.515. The van der Waals surface area contributed by atoms with Crippen LogP contribution < -0.4 is 5.32 Å². The zero-order valence-electron chi connectivity index (χ0n) is 10.1. The first-order valence-corrected chi connectivity index (χ1v) is 6.71. The zero-order chi connectivity index (χ0) is 11.2. The Morgan fingerprint density at radius 1 is 1.18 bits per heavy atom. The molecule has 3 heteroatoms. The highest BCUT2D eigenvalue weighted by Crippen LogP contribution is 2.18. The van der Waals surface area contributed by atoms with Gasteiger partial charge in [0, 0.05) is 11.1 Å². The van der Waals surface area contributed by atoms with Crippen molar-refractivity contribution >= 4 is 24.0 Å². The lowest BCUT2D eigenvalue weighted by atomic mass is 10.1. The van der Waals surface area contributed by atoms with Crippen molar-refractivity contribution in [3.63, 3.8) is 0 Å². The Hall–Kier alpha value is -0.240. The minimum Gasteiger partial charge on any atom is -0.314 e. The number of benzene rings is 1. The monoisotopic (exact) mass is 273 g/mol. The summed E-state index contributed by atoms with van der Waals surface area (Å²) >= 11 is 6.11. The predicted octanol–water partition coefficient (Wildman–Crippen LogP) is 4.23. The Morgan fingerprint density at radius 2 is 1.88 bits per heavy atom. The van der Waals surface area contributed by atoms with Crippen LogP contribution in [0, 0.1) is 0 Å². The van der Waals surface area contributed by atoms with Crippen molar-refractivity contribution in [3.05, 3.63) is 34.9 Å². The molecule has 0 atom stereocenters. The number of aryl methyl sites for hydroxylation is 1. The Kier molecular flexibility index (Phi) is 6.94. The van der Waals surface area contributed by atoms with Crippen LogP contribution in [0.5, 0.6) is 0 Å². The van der Waals surface area contributed by atoms with Crippen molar-refractivity contribution in [2.45, 2.75) is 44.6 Å². The molecule has 1 aromatic rings. The molecule has 0 saturated heterocycles. The lowest BCUT2D eigenvalue weighted by Gasteiger charge is -2.11. The second kappa shape index (κ2) is 7.97. The summed E-state index contributed by atoms with van der Waals surface area (Å²) < 4.78 is 0. The Morgan fingerprint density at radius 3 is 2.59 bits per heavy atom. The lowest BCUT2D eigenvalue weighted by Crippen LogP contribution is -2.27. The average Bonchev–Trinajstić information content (AvgIpc) is 2.79. The van der Waals surface area contributed by atoms with E-state index in [0.717, 1.165) is 24.0 Å². The van der Waals surface area contributed by atoms with Gasteiger partial charge in [0.1, 0.15) is 0 Å². The molecule has 1 saturated carbocycles. The van der Waals surface area contributed by atoms with E-state index in [0.29, 0.717) is 0 Å². The van der Waals surface area contributed by atoms with Crippen LogP contribution in [-0.2, 0) is 6.42 Å². The minimum absolute atomic E-state index is 0. The fraction of sp³-hybridized carbons (Fsp3) is 0.571. The van der Waals surface area contributed by atoms with Gasteiger partial charge in [-0.05, 0) is 43.9 Å². The van der Waals surface area contributed by atoms with Crippen molar-refractivity contribution in [2.75, 3.05) is 6.54 Å². The molecule has 0 aliphatic heterocycles. The number of halogens is 2. The van der Waals surface area contributed by atoms with E-state index in [9.17, 15) is 0 Å². The molecule has 1 nitrogen and oxygen atoms in total. The molecule has 1 aliphatic carbocycles. The van der Waals surface area contributed by atoms with Crippen LogP contribution in [0.15, 0.2) is 24.3 Å². The van der Waals surface area contributed by atoms with Gasteiger partial charge in [0.05, 0.1) is 0 Å². The fourth-order valence-electron chi connectivity index (χ4n) is 2.42. The Balaban J connectivity index is 0.00000144. The topological polar surface area (TPSA) is 12.0 Å². The SMILES string of the molecule is Cl.Clc1ccccc1CCCNC1CCCC1. The standard InChI is InChI=1S/C14H20ClN.ClH/c15-14-10-4-1-6-12(14)7-5-11-16-13-8-2-3-9-13;/h1,4,6,10,13,16H,2-3,5,7-9,11H2;1H. The highest BCUT2D eigenvalue weighted by Gasteiger charge is 2.13. The smallest absolute Gasteiger partial charge is 0.0437 e. The highest BCUT2D eigenvalue weighted by molar-refractivity contribution is 6.31. The normalized spacial score (nSPS) is 15.8. The zero-order valence-corrected chi connectivity index (χ0v) is 11.7. The van der Waals surface area contributed by atoms with E-state index >= 15 is 0 Å². The van der Waals surface area contributed by atoms with Crippen LogP contribution >= 0.6 is 24.0 Å². The van der Waals surface area contributed by atoms with Gasteiger partial charge in [-0.1, -0.05) is 42.6 Å². The molecule has 0 spiro atoms. The largest absolute Gasteiger partial charge is 0.314 e. The van der Waals surface area contributed by atoms with Crippen molar-refractivity contribution in [1.29, 1.82) is 0 Å². The summed E-state index contributed by atoms with van der Waals surface area (Å²) in [6.07, 6.45) is 7.81. The molecule has 0 bridgehead atoms. The number of hydrogen-bond donors (Lipinski definition) is 1. The van der Waals surface area contributed by atoms with Gasteiger partial charge >= 0.3 is 0 Å². The van der Waals surface area contributed by atoms with Crippen molar-refractivity contribution < 1.29 is 0 Å². The van der Waals surface area contributed by atoms with Crippen LogP contribution in [-0.4, -0.2) is 12.6 Å². The van der Waals surface area contributed by atoms with E-state index in [4.69, 9.17) is 11.6 Å². The second-order valence-corrected chi connectivity index (χ2v) is 5.04. The number of hydrogen-bond acceptors (Lipinski definition) is 1. The number of nitrogens with one attached hydrogen (secondary N) is 1. The molecular formula is C14H21Cl2N. The van der Waals surface area contributed by atoms with E-state index in [-0.39, 0.29) is 12.4 Å². The molecular weight excluding hydrogens is 253 g/mol. The highest BCUT2D eigenvalue weighted by atomic mass is 35.5. The van der Waals surface area contributed by atoms with Gasteiger partial charge in [-0.15, -0.1) is 12.4 Å². The number of rotatable bonds is 5. The first-order chi connectivity index (χ1) is 7.86. The molecule has 1 N–H and O–H groups in total. The molecule has 0 radical (unpaired) electrons. The molecule has 1 fully saturated rings. The second-order valence-electron chi connectivity index (χ2n) is 4.63. The van der Waals surface area contributed by atoms with Gasteiger partial charge in [-0.2, -0.15) is 0 Å². The molecule has 17 heavy (non-hydrogen) atoms. The van der Waals surface area contributed by atoms with Gasteiger partial charge < -0.3 is 5.32 Å². The van der Waals surface area contributed by atoms with Gasteiger partial charge in [0.25, 0.3) is 0 Å². The van der Waals surface area contributed by atoms with Crippen molar-refractivity contribution in [3.8, 4) is 0 Å². The molecule has 0 heterocycles. The summed E-state index contributed by atoms with van der Waals surface area (Å²) in [4.78, 5) is 0. The van der Waals surface area contributed by atoms with Gasteiger partial charge in [-0.25, -0.2) is 0 Å². The van der Waals surface area contributed by atoms with E-state index < -0.39 is 0 Å². The molecule has 0 unspecified atom stereocenters.